The van der Waals surface area contributed by atoms with Gasteiger partial charge in [-0.3, -0.25) is 4.79 Å². The number of halogens is 3. The number of benzene rings is 1. The predicted molar refractivity (Wildman–Crippen MR) is 115 cm³/mol. The minimum atomic E-state index is -4.96. The van der Waals surface area contributed by atoms with Gasteiger partial charge in [-0.15, -0.1) is 0 Å². The van der Waals surface area contributed by atoms with E-state index in [9.17, 15) is 23.1 Å². The fourth-order valence-electron chi connectivity index (χ4n) is 4.00. The summed E-state index contributed by atoms with van der Waals surface area (Å²) in [5.41, 5.74) is -0.154. The molecular formula is C24H27F3N2O3. The Morgan fingerprint density at radius 2 is 1.78 bits per heavy atom. The Bertz CT molecular complexity index is 1090. The number of hydrogen-bond acceptors (Lipinski definition) is 3. The average molecular weight is 448 g/mol. The van der Waals surface area contributed by atoms with Crippen molar-refractivity contribution in [3.8, 4) is 0 Å². The largest absolute Gasteiger partial charge is 0.463 e. The van der Waals surface area contributed by atoms with Crippen LogP contribution in [0, 0.1) is 20.8 Å². The number of aryl methyl sites for hydroxylation is 2. The Morgan fingerprint density at radius 1 is 1.12 bits per heavy atom. The van der Waals surface area contributed by atoms with E-state index < -0.39 is 29.9 Å². The normalized spacial score (nSPS) is 14.8. The first-order valence-corrected chi connectivity index (χ1v) is 10.3. The summed E-state index contributed by atoms with van der Waals surface area (Å²) in [5.74, 6) is -0.830. The summed E-state index contributed by atoms with van der Waals surface area (Å²) in [4.78, 5) is 12.8. The molecule has 0 saturated heterocycles. The number of carbonyl (C=O) groups excluding carboxylic acids is 1. The van der Waals surface area contributed by atoms with E-state index in [2.05, 4.69) is 5.32 Å². The molecule has 2 atom stereocenters. The lowest BCUT2D eigenvalue weighted by Crippen LogP contribution is -2.44. The van der Waals surface area contributed by atoms with Gasteiger partial charge in [0.2, 0.25) is 5.60 Å². The number of carbonyl (C=O) groups is 1. The number of nitrogens with one attached hydrogen (secondary N) is 1. The van der Waals surface area contributed by atoms with E-state index in [1.165, 1.54) is 13.0 Å². The van der Waals surface area contributed by atoms with Crippen LogP contribution in [-0.2, 0) is 5.60 Å². The van der Waals surface area contributed by atoms with Crippen LogP contribution in [0.25, 0.3) is 0 Å². The van der Waals surface area contributed by atoms with E-state index in [1.54, 1.807) is 13.0 Å². The average Bonchev–Trinajstić information content (AvgIpc) is 3.30. The van der Waals surface area contributed by atoms with Gasteiger partial charge in [-0.2, -0.15) is 13.2 Å². The van der Waals surface area contributed by atoms with Crippen LogP contribution in [0.3, 0.4) is 0 Å². The van der Waals surface area contributed by atoms with Gasteiger partial charge in [0, 0.05) is 24.4 Å². The minimum Gasteiger partial charge on any atom is -0.463 e. The Morgan fingerprint density at radius 3 is 2.34 bits per heavy atom. The van der Waals surface area contributed by atoms with Crippen molar-refractivity contribution in [2.45, 2.75) is 51.9 Å². The second-order valence-electron chi connectivity index (χ2n) is 8.02. The lowest BCUT2D eigenvalue weighted by molar-refractivity contribution is -0.274. The molecule has 8 heteroatoms. The molecule has 172 valence electrons. The maximum Gasteiger partial charge on any atom is 0.424 e. The van der Waals surface area contributed by atoms with E-state index in [0.29, 0.717) is 11.3 Å². The van der Waals surface area contributed by atoms with Crippen LogP contribution in [-0.4, -0.2) is 28.3 Å². The maximum absolute atomic E-state index is 13.6. The van der Waals surface area contributed by atoms with Gasteiger partial charge >= 0.3 is 6.18 Å². The maximum atomic E-state index is 13.6. The SMILES string of the molecule is Cc1ccc([C@](O)(CCNC(=O)c2cc(C)n([C@@H](C)c3ccccc3)c2C)C(F)(F)F)o1. The Hall–Kier alpha value is -3.00. The van der Waals surface area contributed by atoms with Crippen molar-refractivity contribution in [1.82, 2.24) is 9.88 Å². The van der Waals surface area contributed by atoms with Crippen LogP contribution in [0.15, 0.2) is 52.9 Å². The summed E-state index contributed by atoms with van der Waals surface area (Å²) < 4.78 is 47.8. The van der Waals surface area contributed by atoms with Gasteiger partial charge in [0.1, 0.15) is 11.5 Å². The number of aliphatic hydroxyl groups is 1. The van der Waals surface area contributed by atoms with Gasteiger partial charge in [-0.05, 0) is 51.5 Å². The van der Waals surface area contributed by atoms with Crippen molar-refractivity contribution < 1.29 is 27.5 Å². The van der Waals surface area contributed by atoms with Crippen LogP contribution in [0.2, 0.25) is 0 Å². The summed E-state index contributed by atoms with van der Waals surface area (Å²) in [5, 5.41) is 12.9. The third kappa shape index (κ3) is 4.46. The second kappa shape index (κ2) is 8.86. The highest BCUT2D eigenvalue weighted by Gasteiger charge is 2.56. The number of alkyl halides is 3. The van der Waals surface area contributed by atoms with Gasteiger partial charge in [-0.25, -0.2) is 0 Å². The summed E-state index contributed by atoms with van der Waals surface area (Å²) in [7, 11) is 0. The van der Waals surface area contributed by atoms with Crippen molar-refractivity contribution in [3.63, 3.8) is 0 Å². The van der Waals surface area contributed by atoms with E-state index in [-0.39, 0.29) is 18.3 Å². The molecule has 2 heterocycles. The molecule has 2 aromatic heterocycles. The second-order valence-corrected chi connectivity index (χ2v) is 8.02. The number of nitrogens with zero attached hydrogens (tertiary/aromatic N) is 1. The van der Waals surface area contributed by atoms with Crippen molar-refractivity contribution in [2.75, 3.05) is 6.54 Å². The lowest BCUT2D eigenvalue weighted by Gasteiger charge is -2.28. The van der Waals surface area contributed by atoms with Crippen LogP contribution >= 0.6 is 0 Å². The molecule has 0 fully saturated rings. The van der Waals surface area contributed by atoms with Crippen molar-refractivity contribution in [2.24, 2.45) is 0 Å². The molecule has 0 unspecified atom stereocenters. The smallest absolute Gasteiger partial charge is 0.424 e. The number of rotatable bonds is 7. The molecule has 0 aliphatic heterocycles. The summed E-state index contributed by atoms with van der Waals surface area (Å²) in [6.45, 7) is 6.82. The molecule has 0 aliphatic rings. The zero-order valence-corrected chi connectivity index (χ0v) is 18.5. The number of furan rings is 1. The molecule has 3 rings (SSSR count). The van der Waals surface area contributed by atoms with E-state index in [4.69, 9.17) is 4.42 Å². The van der Waals surface area contributed by atoms with Crippen LogP contribution in [0.4, 0.5) is 13.2 Å². The molecule has 0 bridgehead atoms. The molecule has 32 heavy (non-hydrogen) atoms. The number of amides is 1. The Balaban J connectivity index is 1.75. The predicted octanol–water partition coefficient (Wildman–Crippen LogP) is 5.19. The molecule has 0 aliphatic carbocycles. The monoisotopic (exact) mass is 448 g/mol. The van der Waals surface area contributed by atoms with E-state index in [1.807, 2.05) is 48.7 Å². The molecule has 1 amide bonds. The number of aromatic nitrogens is 1. The highest BCUT2D eigenvalue weighted by Crippen LogP contribution is 2.42. The first kappa shape index (κ1) is 23.7. The van der Waals surface area contributed by atoms with Gasteiger partial charge in [-0.1, -0.05) is 30.3 Å². The van der Waals surface area contributed by atoms with E-state index >= 15 is 0 Å². The van der Waals surface area contributed by atoms with Crippen molar-refractivity contribution in [1.29, 1.82) is 0 Å². The van der Waals surface area contributed by atoms with Crippen LogP contribution in [0.5, 0.6) is 0 Å². The molecule has 0 spiro atoms. The van der Waals surface area contributed by atoms with Crippen LogP contribution in [0.1, 0.15) is 58.2 Å². The van der Waals surface area contributed by atoms with E-state index in [0.717, 1.165) is 17.3 Å². The van der Waals surface area contributed by atoms with Gasteiger partial charge in [0.15, 0.2) is 0 Å². The first-order chi connectivity index (χ1) is 15.0. The van der Waals surface area contributed by atoms with Crippen molar-refractivity contribution >= 4 is 5.91 Å². The number of hydrogen-bond donors (Lipinski definition) is 2. The first-order valence-electron chi connectivity index (χ1n) is 10.3. The molecule has 0 radical (unpaired) electrons. The Kier molecular flexibility index (Phi) is 6.55. The molecule has 1 aromatic carbocycles. The molecule has 2 N–H and O–H groups in total. The third-order valence-corrected chi connectivity index (χ3v) is 5.79. The molecular weight excluding hydrogens is 421 g/mol. The standard InChI is InChI=1S/C24H27F3N2O3/c1-15-14-20(18(4)29(15)17(3)19-8-6-5-7-9-19)22(30)28-13-12-23(31,24(25,26)27)21-11-10-16(2)32-21/h5-11,14,17,31H,12-13H2,1-4H3,(H,28,30)/t17-,23+/m0/s1. The summed E-state index contributed by atoms with van der Waals surface area (Å²) in [6.07, 6.45) is -5.72. The van der Waals surface area contributed by atoms with Crippen molar-refractivity contribution in [3.05, 3.63) is 82.6 Å². The van der Waals surface area contributed by atoms with Gasteiger partial charge in [0.05, 0.1) is 11.6 Å². The highest BCUT2D eigenvalue weighted by atomic mass is 19.4. The fourth-order valence-corrected chi connectivity index (χ4v) is 4.00. The van der Waals surface area contributed by atoms with Gasteiger partial charge in [0.25, 0.3) is 5.91 Å². The minimum absolute atomic E-state index is 0.0183. The Labute approximate surface area is 184 Å². The zero-order chi connectivity index (χ0) is 23.7. The zero-order valence-electron chi connectivity index (χ0n) is 18.5. The quantitative estimate of drug-likeness (QED) is 0.523. The summed E-state index contributed by atoms with van der Waals surface area (Å²) in [6, 6.07) is 14.0. The topological polar surface area (TPSA) is 67.4 Å². The molecule has 5 nitrogen and oxygen atoms in total. The molecule has 3 aromatic rings. The fraction of sp³-hybridized carbons (Fsp3) is 0.375. The third-order valence-electron chi connectivity index (χ3n) is 5.79. The lowest BCUT2D eigenvalue weighted by atomic mass is 9.95. The highest BCUT2D eigenvalue weighted by molar-refractivity contribution is 5.95. The summed E-state index contributed by atoms with van der Waals surface area (Å²) >= 11 is 0. The van der Waals surface area contributed by atoms with Gasteiger partial charge < -0.3 is 19.4 Å². The molecule has 0 saturated carbocycles. The van der Waals surface area contributed by atoms with Crippen LogP contribution < -0.4 is 5.32 Å².